The highest BCUT2D eigenvalue weighted by atomic mass is 32.1. The van der Waals surface area contributed by atoms with Crippen molar-refractivity contribution in [2.45, 2.75) is 36.9 Å². The van der Waals surface area contributed by atoms with Gasteiger partial charge in [0.15, 0.2) is 0 Å². The Morgan fingerprint density at radius 2 is 1.86 bits per heavy atom. The summed E-state index contributed by atoms with van der Waals surface area (Å²) in [5.74, 6) is 0. The maximum absolute atomic E-state index is 10.3. The number of aromatic nitrogens is 3. The van der Waals surface area contributed by atoms with Gasteiger partial charge in [-0.1, -0.05) is 35.6 Å². The molecule has 1 aliphatic heterocycles. The number of hydrogen-bond acceptors (Lipinski definition) is 9. The van der Waals surface area contributed by atoms with Crippen LogP contribution in [0.3, 0.4) is 0 Å². The molecular weight excluding hydrogens is 394 g/mol. The van der Waals surface area contributed by atoms with Gasteiger partial charge in [-0.15, -0.1) is 10.2 Å². The molecule has 4 N–H and O–H groups in total. The van der Waals surface area contributed by atoms with Crippen molar-refractivity contribution in [3.05, 3.63) is 64.9 Å². The highest BCUT2D eigenvalue weighted by Gasteiger charge is 2.43. The first kappa shape index (κ1) is 20.0. The number of nitrogens with zero attached hydrogens (tertiary/aromatic N) is 3. The Balaban J connectivity index is 1.53. The molecule has 2 aromatic heterocycles. The third-order valence-electron chi connectivity index (χ3n) is 4.90. The van der Waals surface area contributed by atoms with E-state index >= 15 is 0 Å². The molecule has 1 aliphatic rings. The zero-order chi connectivity index (χ0) is 20.4. The number of aliphatic hydroxyl groups is 4. The average molecular weight is 415 g/mol. The van der Waals surface area contributed by atoms with E-state index in [9.17, 15) is 20.4 Å². The summed E-state index contributed by atoms with van der Waals surface area (Å²) in [5.41, 5.74) is 2.50. The zero-order valence-corrected chi connectivity index (χ0v) is 16.2. The monoisotopic (exact) mass is 415 g/mol. The second kappa shape index (κ2) is 8.62. The van der Waals surface area contributed by atoms with Crippen LogP contribution in [0.25, 0.3) is 10.6 Å². The third-order valence-corrected chi connectivity index (χ3v) is 5.87. The maximum atomic E-state index is 10.3. The Morgan fingerprint density at radius 1 is 1.00 bits per heavy atom. The summed E-state index contributed by atoms with van der Waals surface area (Å²) in [6.45, 7) is -0.455. The summed E-state index contributed by atoms with van der Waals surface area (Å²) in [6.07, 6.45) is -1.88. The SMILES string of the molecule is OC[C@@H]1OC(c2cccc(Cc3nnc(-c4cccnc4)s3)c2)[C@H](O)[C@@H](O)[C@@H]1O. The van der Waals surface area contributed by atoms with Crippen LogP contribution in [-0.4, -0.2) is 66.6 Å². The Kier molecular flexibility index (Phi) is 5.95. The average Bonchev–Trinajstić information content (AvgIpc) is 3.22. The van der Waals surface area contributed by atoms with Gasteiger partial charge in [0.05, 0.1) is 6.61 Å². The number of benzene rings is 1. The first-order valence-corrected chi connectivity index (χ1v) is 10.0. The normalized spacial score (nSPS) is 27.1. The molecule has 4 rings (SSSR count). The molecule has 29 heavy (non-hydrogen) atoms. The molecule has 0 bridgehead atoms. The van der Waals surface area contributed by atoms with Crippen LogP contribution in [0, 0.1) is 0 Å². The molecule has 1 fully saturated rings. The van der Waals surface area contributed by atoms with Crippen molar-refractivity contribution in [3.8, 4) is 10.6 Å². The van der Waals surface area contributed by atoms with Crippen molar-refractivity contribution in [2.24, 2.45) is 0 Å². The van der Waals surface area contributed by atoms with Crippen LogP contribution in [0.5, 0.6) is 0 Å². The van der Waals surface area contributed by atoms with Crippen LogP contribution in [0.15, 0.2) is 48.8 Å². The molecule has 3 heterocycles. The lowest BCUT2D eigenvalue weighted by Crippen LogP contribution is -2.55. The fourth-order valence-corrected chi connectivity index (χ4v) is 4.23. The molecule has 3 aromatic rings. The number of aliphatic hydroxyl groups excluding tert-OH is 4. The van der Waals surface area contributed by atoms with Crippen LogP contribution in [-0.2, 0) is 11.2 Å². The number of hydrogen-bond donors (Lipinski definition) is 4. The topological polar surface area (TPSA) is 129 Å². The summed E-state index contributed by atoms with van der Waals surface area (Å²) < 4.78 is 5.64. The Bertz CT molecular complexity index is 952. The fraction of sp³-hybridized carbons (Fsp3) is 0.350. The molecule has 0 amide bonds. The van der Waals surface area contributed by atoms with Gasteiger partial charge >= 0.3 is 0 Å². The van der Waals surface area contributed by atoms with Crippen molar-refractivity contribution in [3.63, 3.8) is 0 Å². The van der Waals surface area contributed by atoms with Gasteiger partial charge in [0.2, 0.25) is 0 Å². The Hall–Kier alpha value is -2.27. The number of pyridine rings is 1. The van der Waals surface area contributed by atoms with Crippen molar-refractivity contribution >= 4 is 11.3 Å². The molecule has 0 saturated carbocycles. The van der Waals surface area contributed by atoms with E-state index in [0.29, 0.717) is 12.0 Å². The van der Waals surface area contributed by atoms with Gasteiger partial charge in [0, 0.05) is 24.4 Å². The first-order chi connectivity index (χ1) is 14.1. The molecule has 1 saturated heterocycles. The lowest BCUT2D eigenvalue weighted by Gasteiger charge is -2.40. The molecule has 0 spiro atoms. The van der Waals surface area contributed by atoms with E-state index in [-0.39, 0.29) is 0 Å². The number of ether oxygens (including phenoxy) is 1. The van der Waals surface area contributed by atoms with Crippen molar-refractivity contribution in [1.29, 1.82) is 0 Å². The molecule has 1 aromatic carbocycles. The van der Waals surface area contributed by atoms with Crippen molar-refractivity contribution in [1.82, 2.24) is 15.2 Å². The van der Waals surface area contributed by atoms with E-state index in [0.717, 1.165) is 21.1 Å². The van der Waals surface area contributed by atoms with Crippen molar-refractivity contribution in [2.75, 3.05) is 6.61 Å². The Morgan fingerprint density at radius 3 is 2.62 bits per heavy atom. The van der Waals surface area contributed by atoms with E-state index in [1.807, 2.05) is 30.3 Å². The predicted octanol–water partition coefficient (Wildman–Crippen LogP) is 0.706. The van der Waals surface area contributed by atoms with E-state index in [4.69, 9.17) is 4.74 Å². The minimum Gasteiger partial charge on any atom is -0.394 e. The highest BCUT2D eigenvalue weighted by molar-refractivity contribution is 7.14. The molecular formula is C20H21N3O5S. The van der Waals surface area contributed by atoms with Gasteiger partial charge in [-0.05, 0) is 23.3 Å². The molecule has 8 nitrogen and oxygen atoms in total. The lowest BCUT2D eigenvalue weighted by molar-refractivity contribution is -0.231. The standard InChI is InChI=1S/C20H21N3O5S/c24-10-14-16(25)17(26)18(27)19(28-14)12-4-1-3-11(7-12)8-15-22-23-20(29-15)13-5-2-6-21-9-13/h1-7,9,14,16-19,24-27H,8,10H2/t14-,16+,17-,18+,19?/m0/s1. The van der Waals surface area contributed by atoms with Crippen LogP contribution < -0.4 is 0 Å². The van der Waals surface area contributed by atoms with Crippen LogP contribution >= 0.6 is 11.3 Å². The molecule has 9 heteroatoms. The van der Waals surface area contributed by atoms with E-state index in [1.54, 1.807) is 18.5 Å². The van der Waals surface area contributed by atoms with Crippen LogP contribution in [0.1, 0.15) is 22.2 Å². The molecule has 5 atom stereocenters. The maximum Gasteiger partial charge on any atom is 0.149 e. The van der Waals surface area contributed by atoms with Gasteiger partial charge in [-0.2, -0.15) is 0 Å². The summed E-state index contributed by atoms with van der Waals surface area (Å²) in [6, 6.07) is 11.2. The molecule has 1 unspecified atom stereocenters. The van der Waals surface area contributed by atoms with Gasteiger partial charge < -0.3 is 25.2 Å². The van der Waals surface area contributed by atoms with Gasteiger partial charge in [-0.25, -0.2) is 0 Å². The van der Waals surface area contributed by atoms with Gasteiger partial charge in [-0.3, -0.25) is 4.98 Å². The molecule has 152 valence electrons. The van der Waals surface area contributed by atoms with Gasteiger partial charge in [0.25, 0.3) is 0 Å². The largest absolute Gasteiger partial charge is 0.394 e. The van der Waals surface area contributed by atoms with E-state index in [2.05, 4.69) is 15.2 Å². The molecule has 0 radical (unpaired) electrons. The lowest BCUT2D eigenvalue weighted by atomic mass is 9.90. The van der Waals surface area contributed by atoms with Gasteiger partial charge in [0.1, 0.15) is 40.5 Å². The third kappa shape index (κ3) is 4.20. The molecule has 0 aliphatic carbocycles. The summed E-state index contributed by atoms with van der Waals surface area (Å²) in [4.78, 5) is 4.09. The second-order valence-corrected chi connectivity index (χ2v) is 7.98. The van der Waals surface area contributed by atoms with E-state index < -0.39 is 37.1 Å². The zero-order valence-electron chi connectivity index (χ0n) is 15.4. The van der Waals surface area contributed by atoms with Crippen molar-refractivity contribution < 1.29 is 25.2 Å². The summed E-state index contributed by atoms with van der Waals surface area (Å²) in [7, 11) is 0. The fourth-order valence-electron chi connectivity index (χ4n) is 3.36. The second-order valence-electron chi connectivity index (χ2n) is 6.91. The number of rotatable bonds is 5. The Labute approximate surface area is 171 Å². The van der Waals surface area contributed by atoms with E-state index in [1.165, 1.54) is 11.3 Å². The predicted molar refractivity (Wildman–Crippen MR) is 105 cm³/mol. The first-order valence-electron chi connectivity index (χ1n) is 9.19. The minimum absolute atomic E-state index is 0.455. The van der Waals surface area contributed by atoms with Crippen LogP contribution in [0.2, 0.25) is 0 Å². The summed E-state index contributed by atoms with van der Waals surface area (Å²) >= 11 is 1.48. The van der Waals surface area contributed by atoms with Crippen LogP contribution in [0.4, 0.5) is 0 Å². The quantitative estimate of drug-likeness (QED) is 0.480. The minimum atomic E-state index is -1.40. The summed E-state index contributed by atoms with van der Waals surface area (Å²) in [5, 5.41) is 49.8. The highest BCUT2D eigenvalue weighted by Crippen LogP contribution is 2.33. The smallest absolute Gasteiger partial charge is 0.149 e.